The number of rotatable bonds is 3. The van der Waals surface area contributed by atoms with Crippen molar-refractivity contribution in [1.29, 1.82) is 0 Å². The van der Waals surface area contributed by atoms with Crippen LogP contribution >= 0.6 is 0 Å². The molecule has 0 bridgehead atoms. The number of aromatic nitrogens is 2. The lowest BCUT2D eigenvalue weighted by Gasteiger charge is -2.30. The van der Waals surface area contributed by atoms with Gasteiger partial charge in [0.1, 0.15) is 0 Å². The van der Waals surface area contributed by atoms with Gasteiger partial charge in [-0.2, -0.15) is 0 Å². The van der Waals surface area contributed by atoms with E-state index >= 15 is 0 Å². The van der Waals surface area contributed by atoms with Crippen LogP contribution in [0.2, 0.25) is 0 Å². The third-order valence-corrected chi connectivity index (χ3v) is 2.79. The molecular formula is C10H17N5O2. The van der Waals surface area contributed by atoms with E-state index in [1.165, 1.54) is 0 Å². The second-order valence-electron chi connectivity index (χ2n) is 4.14. The Bertz CT molecular complexity index is 403. The molecule has 1 fully saturated rings. The summed E-state index contributed by atoms with van der Waals surface area (Å²) in [5.74, 6) is 0.475. The zero-order valence-corrected chi connectivity index (χ0v) is 9.78. The van der Waals surface area contributed by atoms with Crippen LogP contribution in [0.25, 0.3) is 0 Å². The summed E-state index contributed by atoms with van der Waals surface area (Å²) in [5.41, 5.74) is 5.54. The van der Waals surface area contributed by atoms with Gasteiger partial charge in [-0.15, -0.1) is 0 Å². The number of oxime groups is 1. The van der Waals surface area contributed by atoms with Gasteiger partial charge in [0.05, 0.1) is 19.3 Å². The smallest absolute Gasteiger partial charge is 0.206 e. The Hall–Kier alpha value is -1.60. The predicted molar refractivity (Wildman–Crippen MR) is 62.0 cm³/mol. The van der Waals surface area contributed by atoms with Crippen LogP contribution < -0.4 is 5.73 Å². The summed E-state index contributed by atoms with van der Waals surface area (Å²) >= 11 is 0. The molecule has 0 amide bonds. The van der Waals surface area contributed by atoms with Gasteiger partial charge in [-0.25, -0.2) is 4.98 Å². The number of likely N-dealkylation sites (N-methyl/N-ethyl adjacent to an activating group) is 1. The molecule has 7 nitrogen and oxygen atoms in total. The summed E-state index contributed by atoms with van der Waals surface area (Å²) in [5, 5.41) is 11.6. The Labute approximate surface area is 99.5 Å². The molecule has 2 heterocycles. The lowest BCUT2D eigenvalue weighted by Crippen LogP contribution is -2.42. The van der Waals surface area contributed by atoms with E-state index < -0.39 is 0 Å². The maximum Gasteiger partial charge on any atom is 0.206 e. The number of amidine groups is 1. The average molecular weight is 239 g/mol. The van der Waals surface area contributed by atoms with E-state index in [0.717, 1.165) is 19.7 Å². The van der Waals surface area contributed by atoms with Gasteiger partial charge in [0.2, 0.25) is 5.84 Å². The number of nitrogens with zero attached hydrogens (tertiary/aromatic N) is 4. The lowest BCUT2D eigenvalue weighted by atomic mass is 10.3. The summed E-state index contributed by atoms with van der Waals surface area (Å²) in [6, 6.07) is 0. The Morgan fingerprint density at radius 1 is 1.76 bits per heavy atom. The molecule has 1 aliphatic rings. The molecule has 0 aromatic carbocycles. The fourth-order valence-electron chi connectivity index (χ4n) is 1.93. The fourth-order valence-corrected chi connectivity index (χ4v) is 1.93. The molecule has 1 aromatic heterocycles. The van der Waals surface area contributed by atoms with Crippen molar-refractivity contribution in [2.75, 3.05) is 26.7 Å². The average Bonchev–Trinajstić information content (AvgIpc) is 2.76. The van der Waals surface area contributed by atoms with Crippen molar-refractivity contribution in [3.8, 4) is 0 Å². The Kier molecular flexibility index (Phi) is 3.60. The highest BCUT2D eigenvalue weighted by Gasteiger charge is 2.19. The second-order valence-corrected chi connectivity index (χ2v) is 4.14. The monoisotopic (exact) mass is 239 g/mol. The predicted octanol–water partition coefficient (Wildman–Crippen LogP) is -0.692. The largest absolute Gasteiger partial charge is 0.409 e. The third-order valence-electron chi connectivity index (χ3n) is 2.79. The van der Waals surface area contributed by atoms with E-state index in [0.29, 0.717) is 12.4 Å². The summed E-state index contributed by atoms with van der Waals surface area (Å²) < 4.78 is 7.49. The van der Waals surface area contributed by atoms with E-state index in [-0.39, 0.29) is 11.9 Å². The molecule has 1 unspecified atom stereocenters. The van der Waals surface area contributed by atoms with Crippen molar-refractivity contribution in [3.05, 3.63) is 18.2 Å². The van der Waals surface area contributed by atoms with Crippen LogP contribution in [0, 0.1) is 0 Å². The third kappa shape index (κ3) is 2.75. The SMILES string of the molecule is CN1CCOC(Cn2ccnc2C(N)=NO)C1. The van der Waals surface area contributed by atoms with Crippen LogP contribution in [0.15, 0.2) is 17.5 Å². The molecule has 17 heavy (non-hydrogen) atoms. The van der Waals surface area contributed by atoms with Crippen molar-refractivity contribution >= 4 is 5.84 Å². The molecule has 2 rings (SSSR count). The van der Waals surface area contributed by atoms with Crippen molar-refractivity contribution in [3.63, 3.8) is 0 Å². The first kappa shape index (κ1) is 11.9. The second kappa shape index (κ2) is 5.15. The Morgan fingerprint density at radius 3 is 3.29 bits per heavy atom. The summed E-state index contributed by atoms with van der Waals surface area (Å²) in [4.78, 5) is 6.27. The number of ether oxygens (including phenoxy) is 1. The first-order chi connectivity index (χ1) is 8.20. The van der Waals surface area contributed by atoms with Crippen molar-refractivity contribution < 1.29 is 9.94 Å². The first-order valence-corrected chi connectivity index (χ1v) is 5.50. The fraction of sp³-hybridized carbons (Fsp3) is 0.600. The van der Waals surface area contributed by atoms with Gasteiger partial charge in [0.15, 0.2) is 5.82 Å². The van der Waals surface area contributed by atoms with E-state index in [1.54, 1.807) is 12.4 Å². The van der Waals surface area contributed by atoms with E-state index in [2.05, 4.69) is 22.1 Å². The molecule has 0 saturated carbocycles. The zero-order valence-electron chi connectivity index (χ0n) is 9.78. The maximum absolute atomic E-state index is 8.65. The summed E-state index contributed by atoms with van der Waals surface area (Å²) in [7, 11) is 2.06. The lowest BCUT2D eigenvalue weighted by molar-refractivity contribution is -0.0275. The molecule has 0 radical (unpaired) electrons. The molecular weight excluding hydrogens is 222 g/mol. The molecule has 1 atom stereocenters. The number of hydrogen-bond acceptors (Lipinski definition) is 5. The summed E-state index contributed by atoms with van der Waals surface area (Å²) in [6.45, 7) is 3.20. The highest BCUT2D eigenvalue weighted by molar-refractivity contribution is 5.93. The minimum Gasteiger partial charge on any atom is -0.409 e. The van der Waals surface area contributed by atoms with E-state index in [9.17, 15) is 0 Å². The van der Waals surface area contributed by atoms with Gasteiger partial charge in [0, 0.05) is 25.5 Å². The Morgan fingerprint density at radius 2 is 2.59 bits per heavy atom. The number of imidazole rings is 1. The summed E-state index contributed by atoms with van der Waals surface area (Å²) in [6.07, 6.45) is 3.53. The molecule has 1 aromatic rings. The van der Waals surface area contributed by atoms with Crippen LogP contribution in [-0.2, 0) is 11.3 Å². The van der Waals surface area contributed by atoms with Crippen molar-refractivity contribution in [1.82, 2.24) is 14.5 Å². The number of morpholine rings is 1. The van der Waals surface area contributed by atoms with Crippen LogP contribution in [0.5, 0.6) is 0 Å². The minimum atomic E-state index is 0.0131. The minimum absolute atomic E-state index is 0.0131. The van der Waals surface area contributed by atoms with Crippen LogP contribution in [-0.4, -0.2) is 58.3 Å². The van der Waals surface area contributed by atoms with Gasteiger partial charge < -0.3 is 25.1 Å². The van der Waals surface area contributed by atoms with Gasteiger partial charge in [-0.3, -0.25) is 0 Å². The zero-order chi connectivity index (χ0) is 12.3. The van der Waals surface area contributed by atoms with Gasteiger partial charge >= 0.3 is 0 Å². The topological polar surface area (TPSA) is 88.9 Å². The number of hydrogen-bond donors (Lipinski definition) is 2. The van der Waals surface area contributed by atoms with E-state index in [4.69, 9.17) is 15.7 Å². The Balaban J connectivity index is 2.05. The molecule has 1 aliphatic heterocycles. The van der Waals surface area contributed by atoms with E-state index in [1.807, 2.05) is 4.57 Å². The molecule has 1 saturated heterocycles. The molecule has 0 spiro atoms. The highest BCUT2D eigenvalue weighted by Crippen LogP contribution is 2.07. The molecule has 0 aliphatic carbocycles. The maximum atomic E-state index is 8.65. The van der Waals surface area contributed by atoms with Crippen LogP contribution in [0.4, 0.5) is 0 Å². The van der Waals surface area contributed by atoms with Crippen molar-refractivity contribution in [2.24, 2.45) is 10.9 Å². The van der Waals surface area contributed by atoms with Gasteiger partial charge in [0.25, 0.3) is 0 Å². The van der Waals surface area contributed by atoms with Gasteiger partial charge in [-0.1, -0.05) is 5.16 Å². The molecule has 3 N–H and O–H groups in total. The van der Waals surface area contributed by atoms with Gasteiger partial charge in [-0.05, 0) is 7.05 Å². The van der Waals surface area contributed by atoms with Crippen LogP contribution in [0.1, 0.15) is 5.82 Å². The standard InChI is InChI=1S/C10H17N5O2/c1-14-4-5-17-8(6-14)7-15-3-2-12-10(15)9(11)13-16/h2-3,8,16H,4-7H2,1H3,(H2,11,13). The van der Waals surface area contributed by atoms with Crippen LogP contribution in [0.3, 0.4) is 0 Å². The first-order valence-electron chi connectivity index (χ1n) is 5.50. The normalized spacial score (nSPS) is 22.9. The van der Waals surface area contributed by atoms with Crippen molar-refractivity contribution in [2.45, 2.75) is 12.6 Å². The molecule has 7 heteroatoms. The number of nitrogens with two attached hydrogens (primary N) is 1. The molecule has 94 valence electrons. The quantitative estimate of drug-likeness (QED) is 0.315. The highest BCUT2D eigenvalue weighted by atomic mass is 16.5.